The number of thioether (sulfide) groups is 1. The van der Waals surface area contributed by atoms with Gasteiger partial charge in [0.1, 0.15) is 0 Å². The van der Waals surface area contributed by atoms with Crippen LogP contribution in [0.1, 0.15) is 21.7 Å². The average molecular weight is 486 g/mol. The summed E-state index contributed by atoms with van der Waals surface area (Å²) >= 11 is 0.886. The first-order valence-corrected chi connectivity index (χ1v) is 11.5. The van der Waals surface area contributed by atoms with E-state index in [-0.39, 0.29) is 29.2 Å². The topological polar surface area (TPSA) is 86.0 Å². The van der Waals surface area contributed by atoms with Crippen molar-refractivity contribution in [3.63, 3.8) is 0 Å². The van der Waals surface area contributed by atoms with Gasteiger partial charge in [-0.15, -0.1) is 0 Å². The lowest BCUT2D eigenvalue weighted by Crippen LogP contribution is -2.27. The van der Waals surface area contributed by atoms with Crippen LogP contribution in [0.15, 0.2) is 88.4 Å². The molecular weight excluding hydrogens is 466 g/mol. The van der Waals surface area contributed by atoms with Gasteiger partial charge >= 0.3 is 5.97 Å². The Morgan fingerprint density at radius 2 is 1.80 bits per heavy atom. The summed E-state index contributed by atoms with van der Waals surface area (Å²) < 4.78 is 15.7. The molecule has 0 spiro atoms. The third-order valence-electron chi connectivity index (χ3n) is 5.44. The fourth-order valence-corrected chi connectivity index (χ4v) is 4.55. The zero-order valence-corrected chi connectivity index (χ0v) is 19.4. The van der Waals surface area contributed by atoms with Gasteiger partial charge in [0.2, 0.25) is 5.76 Å². The molecule has 0 bridgehead atoms. The van der Waals surface area contributed by atoms with E-state index in [1.165, 1.54) is 24.3 Å². The van der Waals surface area contributed by atoms with Gasteiger partial charge in [-0.25, -0.2) is 4.79 Å². The number of hydrogen-bond acceptors (Lipinski definition) is 7. The average Bonchev–Trinajstić information content (AvgIpc) is 3.50. The number of furan rings is 1. The standard InChI is InChI=1S/C27H19NO6S/c1-32-23-14-17(9-11-21(23)34-26(30)22-7-4-12-33-22)15-24-25(29)28(27(31)35-24)16-18-8-10-19-5-2-3-6-20(19)13-18/h2-15H,16H2,1H3/b24-15-. The molecule has 0 saturated carbocycles. The molecule has 1 aromatic heterocycles. The fraction of sp³-hybridized carbons (Fsp3) is 0.0741. The summed E-state index contributed by atoms with van der Waals surface area (Å²) in [7, 11) is 1.45. The zero-order chi connectivity index (χ0) is 24.4. The molecule has 0 aliphatic carbocycles. The van der Waals surface area contributed by atoms with Crippen molar-refractivity contribution in [2.24, 2.45) is 0 Å². The van der Waals surface area contributed by atoms with Gasteiger partial charge in [0.25, 0.3) is 11.1 Å². The first-order chi connectivity index (χ1) is 17.0. The number of nitrogens with zero attached hydrogens (tertiary/aromatic N) is 1. The van der Waals surface area contributed by atoms with E-state index in [9.17, 15) is 14.4 Å². The number of ether oxygens (including phenoxy) is 2. The maximum atomic E-state index is 13.0. The second-order valence-corrected chi connectivity index (χ2v) is 8.72. The van der Waals surface area contributed by atoms with Crippen LogP contribution in [0.2, 0.25) is 0 Å². The molecule has 4 aromatic rings. The van der Waals surface area contributed by atoms with Crippen molar-refractivity contribution in [3.8, 4) is 11.5 Å². The Morgan fingerprint density at radius 3 is 2.57 bits per heavy atom. The minimum absolute atomic E-state index is 0.0659. The number of carbonyl (C=O) groups excluding carboxylic acids is 3. The van der Waals surface area contributed by atoms with Gasteiger partial charge in [0.15, 0.2) is 11.5 Å². The Bertz CT molecular complexity index is 1470. The fourth-order valence-electron chi connectivity index (χ4n) is 3.71. The van der Waals surface area contributed by atoms with Gasteiger partial charge in [0, 0.05) is 0 Å². The molecule has 0 radical (unpaired) electrons. The SMILES string of the molecule is COc1cc(/C=C2\SC(=O)N(Cc3ccc4ccccc4c3)C2=O)ccc1OC(=O)c1ccco1. The number of methoxy groups -OCH3 is 1. The molecule has 35 heavy (non-hydrogen) atoms. The van der Waals surface area contributed by atoms with Crippen molar-refractivity contribution in [1.29, 1.82) is 0 Å². The molecule has 1 fully saturated rings. The van der Waals surface area contributed by atoms with Crippen LogP contribution < -0.4 is 9.47 Å². The summed E-state index contributed by atoms with van der Waals surface area (Å²) in [5, 5.41) is 1.82. The Labute approximate surface area is 204 Å². The van der Waals surface area contributed by atoms with E-state index in [4.69, 9.17) is 13.9 Å². The number of hydrogen-bond donors (Lipinski definition) is 0. The summed E-state index contributed by atoms with van der Waals surface area (Å²) in [4.78, 5) is 39.3. The molecule has 2 amide bonds. The van der Waals surface area contributed by atoms with Crippen LogP contribution in [0.25, 0.3) is 16.8 Å². The van der Waals surface area contributed by atoms with Gasteiger partial charge in [-0.3, -0.25) is 14.5 Å². The maximum absolute atomic E-state index is 13.0. The molecule has 0 atom stereocenters. The van der Waals surface area contributed by atoms with Crippen LogP contribution in [-0.4, -0.2) is 29.1 Å². The second-order valence-electron chi connectivity index (χ2n) is 7.73. The molecule has 1 saturated heterocycles. The lowest BCUT2D eigenvalue weighted by Gasteiger charge is -2.13. The first kappa shape index (κ1) is 22.5. The van der Waals surface area contributed by atoms with Crippen molar-refractivity contribution in [3.05, 3.63) is 101 Å². The number of rotatable bonds is 6. The minimum atomic E-state index is -0.657. The number of amides is 2. The Hall–Kier alpha value is -4.30. The predicted molar refractivity (Wildman–Crippen MR) is 132 cm³/mol. The van der Waals surface area contributed by atoms with Crippen molar-refractivity contribution in [1.82, 2.24) is 4.90 Å². The van der Waals surface area contributed by atoms with Crippen molar-refractivity contribution in [2.75, 3.05) is 7.11 Å². The highest BCUT2D eigenvalue weighted by Gasteiger charge is 2.35. The molecule has 3 aromatic carbocycles. The normalized spacial score (nSPS) is 14.7. The molecule has 7 nitrogen and oxygen atoms in total. The highest BCUT2D eigenvalue weighted by Crippen LogP contribution is 2.35. The summed E-state index contributed by atoms with van der Waals surface area (Å²) in [5.41, 5.74) is 1.49. The predicted octanol–water partition coefficient (Wildman–Crippen LogP) is 5.90. The van der Waals surface area contributed by atoms with Crippen molar-refractivity contribution < 1.29 is 28.3 Å². The lowest BCUT2D eigenvalue weighted by atomic mass is 10.1. The highest BCUT2D eigenvalue weighted by atomic mass is 32.2. The molecule has 2 heterocycles. The number of benzene rings is 3. The monoisotopic (exact) mass is 485 g/mol. The van der Waals surface area contributed by atoms with E-state index in [1.807, 2.05) is 42.5 Å². The van der Waals surface area contributed by atoms with E-state index in [0.717, 1.165) is 28.1 Å². The molecule has 1 aliphatic heterocycles. The minimum Gasteiger partial charge on any atom is -0.493 e. The first-order valence-electron chi connectivity index (χ1n) is 10.7. The largest absolute Gasteiger partial charge is 0.493 e. The summed E-state index contributed by atoms with van der Waals surface area (Å²) in [6.07, 6.45) is 3.00. The molecule has 5 rings (SSSR count). The van der Waals surface area contributed by atoms with Crippen LogP contribution in [-0.2, 0) is 11.3 Å². The van der Waals surface area contributed by atoms with E-state index in [1.54, 1.807) is 30.3 Å². The van der Waals surface area contributed by atoms with Gasteiger partial charge in [-0.2, -0.15) is 0 Å². The van der Waals surface area contributed by atoms with Gasteiger partial charge < -0.3 is 13.9 Å². The van der Waals surface area contributed by atoms with Crippen LogP contribution in [0, 0.1) is 0 Å². The molecule has 174 valence electrons. The van der Waals surface area contributed by atoms with E-state index in [2.05, 4.69) is 0 Å². The number of imide groups is 1. The van der Waals surface area contributed by atoms with Crippen LogP contribution in [0.3, 0.4) is 0 Å². The smallest absolute Gasteiger partial charge is 0.379 e. The van der Waals surface area contributed by atoms with Crippen LogP contribution >= 0.6 is 11.8 Å². The van der Waals surface area contributed by atoms with Gasteiger partial charge in [0.05, 0.1) is 24.8 Å². The third kappa shape index (κ3) is 4.69. The third-order valence-corrected chi connectivity index (χ3v) is 6.35. The molecule has 1 aliphatic rings. The summed E-state index contributed by atoms with van der Waals surface area (Å²) in [6, 6.07) is 21.7. The lowest BCUT2D eigenvalue weighted by molar-refractivity contribution is -0.123. The number of fused-ring (bicyclic) bond motifs is 1. The second kappa shape index (κ2) is 9.52. The van der Waals surface area contributed by atoms with Crippen molar-refractivity contribution >= 4 is 45.7 Å². The van der Waals surface area contributed by atoms with Crippen LogP contribution in [0.4, 0.5) is 4.79 Å². The number of esters is 1. The van der Waals surface area contributed by atoms with Crippen molar-refractivity contribution in [2.45, 2.75) is 6.54 Å². The highest BCUT2D eigenvalue weighted by molar-refractivity contribution is 8.18. The van der Waals surface area contributed by atoms with E-state index in [0.29, 0.717) is 16.2 Å². The summed E-state index contributed by atoms with van der Waals surface area (Å²) in [5.74, 6) is -0.447. The molecule has 8 heteroatoms. The van der Waals surface area contributed by atoms with E-state index < -0.39 is 5.97 Å². The quantitative estimate of drug-likeness (QED) is 0.191. The molecule has 0 N–H and O–H groups in total. The molecule has 0 unspecified atom stereocenters. The number of carbonyl (C=O) groups is 3. The van der Waals surface area contributed by atoms with Gasteiger partial charge in [-0.1, -0.05) is 42.5 Å². The maximum Gasteiger partial charge on any atom is 0.379 e. The van der Waals surface area contributed by atoms with Crippen LogP contribution in [0.5, 0.6) is 11.5 Å². The Morgan fingerprint density at radius 1 is 0.971 bits per heavy atom. The molecular formula is C27H19NO6S. The van der Waals surface area contributed by atoms with E-state index >= 15 is 0 Å². The Kier molecular flexibility index (Phi) is 6.12. The zero-order valence-electron chi connectivity index (χ0n) is 18.6. The van der Waals surface area contributed by atoms with Gasteiger partial charge in [-0.05, 0) is 70.1 Å². The summed E-state index contributed by atoms with van der Waals surface area (Å²) in [6.45, 7) is 0.192. The Balaban J connectivity index is 1.34.